The fraction of sp³-hybridized carbons (Fsp3) is 0.476. The molecule has 1 heterocycles. The monoisotopic (exact) mass is 343 g/mol. The van der Waals surface area contributed by atoms with Crippen molar-refractivity contribution in [2.75, 3.05) is 13.2 Å². The minimum absolute atomic E-state index is 0.126. The van der Waals surface area contributed by atoms with Crippen LogP contribution in [0.15, 0.2) is 42.7 Å². The number of hydrogen-bond donors (Lipinski definition) is 2. The molecule has 2 aromatic rings. The molecule has 0 aliphatic rings. The van der Waals surface area contributed by atoms with E-state index in [1.165, 1.54) is 11.1 Å². The highest BCUT2D eigenvalue weighted by Gasteiger charge is 2.16. The summed E-state index contributed by atoms with van der Waals surface area (Å²) >= 11 is 0. The van der Waals surface area contributed by atoms with E-state index in [1.807, 2.05) is 18.2 Å². The zero-order chi connectivity index (χ0) is 18.4. The number of quaternary nitrogens is 1. The molecule has 0 unspecified atom stereocenters. The third-order valence-electron chi connectivity index (χ3n) is 4.47. The number of hydrogen-bond acceptors (Lipinski definition) is 3. The molecule has 0 radical (unpaired) electrons. The van der Waals surface area contributed by atoms with Crippen LogP contribution < -0.4 is 10.1 Å². The lowest BCUT2D eigenvalue weighted by Crippen LogP contribution is -2.87. The normalized spacial score (nSPS) is 14.2. The van der Waals surface area contributed by atoms with Crippen molar-refractivity contribution in [1.29, 1.82) is 0 Å². The van der Waals surface area contributed by atoms with Gasteiger partial charge in [-0.3, -0.25) is 4.98 Å². The lowest BCUT2D eigenvalue weighted by molar-refractivity contribution is -0.698. The molecule has 4 nitrogen and oxygen atoms in total. The maximum absolute atomic E-state index is 10.2. The largest absolute Gasteiger partial charge is 0.490 e. The molecule has 1 aromatic heterocycles. The fourth-order valence-electron chi connectivity index (χ4n) is 2.70. The van der Waals surface area contributed by atoms with Crippen molar-refractivity contribution in [3.8, 4) is 5.75 Å². The van der Waals surface area contributed by atoms with E-state index in [2.05, 4.69) is 57.1 Å². The van der Waals surface area contributed by atoms with Gasteiger partial charge in [-0.1, -0.05) is 32.9 Å². The van der Waals surface area contributed by atoms with Gasteiger partial charge in [0.1, 0.15) is 31.0 Å². The van der Waals surface area contributed by atoms with E-state index in [4.69, 9.17) is 4.74 Å². The average molecular weight is 343 g/mol. The van der Waals surface area contributed by atoms with Crippen LogP contribution in [0, 0.1) is 6.92 Å². The maximum atomic E-state index is 10.2. The molecule has 0 aliphatic carbocycles. The number of aryl methyl sites for hydroxylation is 1. The molecule has 25 heavy (non-hydrogen) atoms. The number of nitrogens with two attached hydrogens (primary N) is 1. The van der Waals surface area contributed by atoms with Crippen molar-refractivity contribution in [2.45, 2.75) is 52.2 Å². The molecule has 0 bridgehead atoms. The maximum Gasteiger partial charge on any atom is 0.137 e. The smallest absolute Gasteiger partial charge is 0.137 e. The zero-order valence-electron chi connectivity index (χ0n) is 16.0. The second-order valence-electron chi connectivity index (χ2n) is 7.74. The molecule has 0 saturated heterocycles. The molecular formula is C21H31N2O2+. The van der Waals surface area contributed by atoms with Crippen LogP contribution in [-0.2, 0) is 5.41 Å². The van der Waals surface area contributed by atoms with Crippen LogP contribution in [0.25, 0.3) is 0 Å². The topological polar surface area (TPSA) is 59.0 Å². The van der Waals surface area contributed by atoms with Crippen LogP contribution in [0.1, 0.15) is 50.4 Å². The number of ether oxygens (including phenoxy) is 1. The van der Waals surface area contributed by atoms with Gasteiger partial charge >= 0.3 is 0 Å². The molecule has 1 aromatic carbocycles. The molecule has 136 valence electrons. The van der Waals surface area contributed by atoms with Gasteiger partial charge in [0.25, 0.3) is 0 Å². The number of aromatic nitrogens is 1. The van der Waals surface area contributed by atoms with Crippen molar-refractivity contribution in [2.24, 2.45) is 0 Å². The lowest BCUT2D eigenvalue weighted by Gasteiger charge is -2.21. The predicted molar refractivity (Wildman–Crippen MR) is 101 cm³/mol. The Morgan fingerprint density at radius 3 is 2.44 bits per heavy atom. The summed E-state index contributed by atoms with van der Waals surface area (Å²) in [6.45, 7) is 11.7. The molecule has 2 rings (SSSR count). The summed E-state index contributed by atoms with van der Waals surface area (Å²) < 4.78 is 5.82. The summed E-state index contributed by atoms with van der Waals surface area (Å²) in [5, 5.41) is 12.3. The average Bonchev–Trinajstić information content (AvgIpc) is 2.58. The summed E-state index contributed by atoms with van der Waals surface area (Å²) in [5.41, 5.74) is 3.73. The Kier molecular flexibility index (Phi) is 6.57. The molecule has 0 fully saturated rings. The Labute approximate surface area is 151 Å². The minimum atomic E-state index is -0.508. The van der Waals surface area contributed by atoms with Crippen molar-refractivity contribution in [3.05, 3.63) is 59.4 Å². The van der Waals surface area contributed by atoms with E-state index in [0.717, 1.165) is 11.3 Å². The Morgan fingerprint density at radius 2 is 1.84 bits per heavy atom. The second kappa shape index (κ2) is 8.45. The molecule has 0 spiro atoms. The van der Waals surface area contributed by atoms with Gasteiger partial charge in [0.2, 0.25) is 0 Å². The van der Waals surface area contributed by atoms with E-state index >= 15 is 0 Å². The number of nitrogens with zero attached hydrogens (tertiary/aromatic N) is 1. The van der Waals surface area contributed by atoms with Crippen molar-refractivity contribution >= 4 is 0 Å². The Hall–Kier alpha value is -1.91. The van der Waals surface area contributed by atoms with E-state index in [0.29, 0.717) is 13.2 Å². The van der Waals surface area contributed by atoms with Crippen LogP contribution in [0.4, 0.5) is 0 Å². The highest BCUT2D eigenvalue weighted by molar-refractivity contribution is 5.38. The molecule has 3 N–H and O–H groups in total. The van der Waals surface area contributed by atoms with Gasteiger partial charge < -0.3 is 15.2 Å². The first-order valence-electron chi connectivity index (χ1n) is 8.92. The second-order valence-corrected chi connectivity index (χ2v) is 7.74. The van der Waals surface area contributed by atoms with E-state index in [1.54, 1.807) is 12.4 Å². The number of pyridine rings is 1. The van der Waals surface area contributed by atoms with Crippen LogP contribution >= 0.6 is 0 Å². The Morgan fingerprint density at radius 1 is 1.16 bits per heavy atom. The van der Waals surface area contributed by atoms with Gasteiger partial charge in [-0.25, -0.2) is 0 Å². The summed E-state index contributed by atoms with van der Waals surface area (Å²) in [7, 11) is 0. The van der Waals surface area contributed by atoms with Crippen molar-refractivity contribution in [1.82, 2.24) is 4.98 Å². The van der Waals surface area contributed by atoms with Gasteiger partial charge in [0.05, 0.1) is 0 Å². The predicted octanol–water partition coefficient (Wildman–Crippen LogP) is 2.75. The lowest BCUT2D eigenvalue weighted by atomic mass is 9.86. The quantitative estimate of drug-likeness (QED) is 0.813. The summed E-state index contributed by atoms with van der Waals surface area (Å²) in [6, 6.07) is 10.6. The summed E-state index contributed by atoms with van der Waals surface area (Å²) in [4.78, 5) is 4.03. The molecule has 4 heteroatoms. The summed E-state index contributed by atoms with van der Waals surface area (Å²) in [5.74, 6) is 0.842. The zero-order valence-corrected chi connectivity index (χ0v) is 16.0. The number of aliphatic hydroxyl groups excluding tert-OH is 1. The van der Waals surface area contributed by atoms with Crippen molar-refractivity contribution < 1.29 is 15.2 Å². The van der Waals surface area contributed by atoms with Crippen molar-refractivity contribution in [3.63, 3.8) is 0 Å². The number of rotatable bonds is 7. The Balaban J connectivity index is 1.83. The van der Waals surface area contributed by atoms with Crippen LogP contribution in [0.5, 0.6) is 5.75 Å². The minimum Gasteiger partial charge on any atom is -0.490 e. The first-order valence-corrected chi connectivity index (χ1v) is 8.92. The summed E-state index contributed by atoms with van der Waals surface area (Å²) in [6.07, 6.45) is 3.08. The van der Waals surface area contributed by atoms with Crippen LogP contribution in [0.2, 0.25) is 0 Å². The highest BCUT2D eigenvalue weighted by Crippen LogP contribution is 2.27. The third kappa shape index (κ3) is 5.83. The third-order valence-corrected chi connectivity index (χ3v) is 4.47. The molecular weight excluding hydrogens is 312 g/mol. The Bertz CT molecular complexity index is 665. The molecule has 0 saturated carbocycles. The van der Waals surface area contributed by atoms with E-state index in [-0.39, 0.29) is 11.5 Å². The van der Waals surface area contributed by atoms with Gasteiger partial charge in [-0.2, -0.15) is 0 Å². The first-order chi connectivity index (χ1) is 11.8. The SMILES string of the molecule is Cc1cc(C(C)(C)C)ccc1OC[C@H](O)C[NH2+][C@@H](C)c1ccncc1. The van der Waals surface area contributed by atoms with Crippen LogP contribution in [0.3, 0.4) is 0 Å². The van der Waals surface area contributed by atoms with Gasteiger partial charge in [0, 0.05) is 18.0 Å². The first kappa shape index (κ1) is 19.4. The standard InChI is InChI=1S/C21H30N2O2/c1-15-12-18(21(3,4)5)6-7-20(15)25-14-19(24)13-23-16(2)17-8-10-22-11-9-17/h6-12,16,19,23-24H,13-14H2,1-5H3/p+1/t16-,19+/m0/s1. The van der Waals surface area contributed by atoms with E-state index < -0.39 is 6.10 Å². The van der Waals surface area contributed by atoms with Gasteiger partial charge in [0.15, 0.2) is 0 Å². The number of aliphatic hydroxyl groups is 1. The molecule has 0 aliphatic heterocycles. The highest BCUT2D eigenvalue weighted by atomic mass is 16.5. The molecule has 0 amide bonds. The van der Waals surface area contributed by atoms with Gasteiger partial charge in [-0.05, 0) is 48.6 Å². The number of benzene rings is 1. The van der Waals surface area contributed by atoms with Crippen LogP contribution in [-0.4, -0.2) is 29.3 Å². The molecule has 2 atom stereocenters. The van der Waals surface area contributed by atoms with E-state index in [9.17, 15) is 5.11 Å². The van der Waals surface area contributed by atoms with Gasteiger partial charge in [-0.15, -0.1) is 0 Å². The fourth-order valence-corrected chi connectivity index (χ4v) is 2.70.